The van der Waals surface area contributed by atoms with Gasteiger partial charge in [-0.15, -0.1) is 0 Å². The number of rotatable bonds is 6. The van der Waals surface area contributed by atoms with Crippen molar-refractivity contribution in [2.45, 2.75) is 6.92 Å². The molecule has 1 aromatic heterocycles. The second-order valence-electron chi connectivity index (χ2n) is 4.18. The zero-order valence-electron chi connectivity index (χ0n) is 11.0. The quantitative estimate of drug-likeness (QED) is 0.783. The molecule has 6 heteroatoms. The molecule has 0 amide bonds. The van der Waals surface area contributed by atoms with E-state index < -0.39 is 5.97 Å². The minimum absolute atomic E-state index is 0.0773. The van der Waals surface area contributed by atoms with Crippen molar-refractivity contribution in [1.82, 2.24) is 9.97 Å². The molecule has 1 aromatic carbocycles. The average Bonchev–Trinajstić information content (AvgIpc) is 2.44. The first-order valence-corrected chi connectivity index (χ1v) is 6.14. The van der Waals surface area contributed by atoms with E-state index in [4.69, 9.17) is 9.84 Å². The van der Waals surface area contributed by atoms with E-state index in [1.54, 1.807) is 0 Å². The van der Waals surface area contributed by atoms with Crippen molar-refractivity contribution in [3.05, 3.63) is 47.9 Å². The second kappa shape index (κ2) is 6.51. The molecule has 0 saturated heterocycles. The molecular formula is C14H15N3O3. The van der Waals surface area contributed by atoms with Crippen molar-refractivity contribution in [1.29, 1.82) is 0 Å². The van der Waals surface area contributed by atoms with E-state index in [2.05, 4.69) is 15.3 Å². The third-order valence-corrected chi connectivity index (χ3v) is 2.54. The molecule has 20 heavy (non-hydrogen) atoms. The van der Waals surface area contributed by atoms with Crippen LogP contribution in [0, 0.1) is 6.92 Å². The predicted molar refractivity (Wildman–Crippen MR) is 74.2 cm³/mol. The summed E-state index contributed by atoms with van der Waals surface area (Å²) in [5.74, 6) is 0.244. The number of anilines is 1. The van der Waals surface area contributed by atoms with Crippen LogP contribution in [0.1, 0.15) is 16.1 Å². The van der Waals surface area contributed by atoms with E-state index in [0.717, 1.165) is 11.3 Å². The molecule has 0 radical (unpaired) electrons. The van der Waals surface area contributed by atoms with Gasteiger partial charge < -0.3 is 15.2 Å². The van der Waals surface area contributed by atoms with Gasteiger partial charge in [-0.25, -0.2) is 14.8 Å². The number of hydrogen-bond donors (Lipinski definition) is 2. The van der Waals surface area contributed by atoms with Crippen LogP contribution in [0.3, 0.4) is 0 Å². The minimum Gasteiger partial charge on any atom is -0.492 e. The summed E-state index contributed by atoms with van der Waals surface area (Å²) < 4.78 is 5.57. The fourth-order valence-corrected chi connectivity index (χ4v) is 1.58. The van der Waals surface area contributed by atoms with Crippen LogP contribution < -0.4 is 10.1 Å². The summed E-state index contributed by atoms with van der Waals surface area (Å²) in [6.45, 7) is 3.03. The molecule has 0 bridgehead atoms. The summed E-state index contributed by atoms with van der Waals surface area (Å²) in [7, 11) is 0. The first kappa shape index (κ1) is 13.8. The maximum atomic E-state index is 10.6. The highest BCUT2D eigenvalue weighted by Gasteiger charge is 2.04. The summed E-state index contributed by atoms with van der Waals surface area (Å²) in [5, 5.41) is 11.7. The Kier molecular flexibility index (Phi) is 4.49. The molecule has 0 fully saturated rings. The van der Waals surface area contributed by atoms with Gasteiger partial charge in [-0.2, -0.15) is 0 Å². The Labute approximate surface area is 116 Å². The van der Waals surface area contributed by atoms with E-state index in [-0.39, 0.29) is 5.69 Å². The summed E-state index contributed by atoms with van der Waals surface area (Å²) in [5.41, 5.74) is 1.07. The Bertz CT molecular complexity index is 584. The normalized spacial score (nSPS) is 10.1. The van der Waals surface area contributed by atoms with Crippen LogP contribution in [0.25, 0.3) is 0 Å². The first-order chi connectivity index (χ1) is 9.65. The van der Waals surface area contributed by atoms with Crippen molar-refractivity contribution in [3.63, 3.8) is 0 Å². The maximum absolute atomic E-state index is 10.6. The molecule has 6 nitrogen and oxygen atoms in total. The summed E-state index contributed by atoms with van der Waals surface area (Å²) in [6.07, 6.45) is 2.60. The van der Waals surface area contributed by atoms with E-state index in [9.17, 15) is 4.79 Å². The number of aryl methyl sites for hydroxylation is 1. The van der Waals surface area contributed by atoms with Gasteiger partial charge in [0, 0.05) is 0 Å². The summed E-state index contributed by atoms with van der Waals surface area (Å²) in [6, 6.07) is 7.80. The maximum Gasteiger partial charge on any atom is 0.356 e. The second-order valence-corrected chi connectivity index (χ2v) is 4.18. The van der Waals surface area contributed by atoms with E-state index in [1.165, 1.54) is 12.4 Å². The summed E-state index contributed by atoms with van der Waals surface area (Å²) >= 11 is 0. The monoisotopic (exact) mass is 273 g/mol. The van der Waals surface area contributed by atoms with Gasteiger partial charge in [0.15, 0.2) is 5.69 Å². The van der Waals surface area contributed by atoms with Crippen LogP contribution >= 0.6 is 0 Å². The molecule has 0 atom stereocenters. The van der Waals surface area contributed by atoms with Crippen LogP contribution in [-0.4, -0.2) is 34.2 Å². The highest BCUT2D eigenvalue weighted by molar-refractivity contribution is 5.84. The fraction of sp³-hybridized carbons (Fsp3) is 0.214. The lowest BCUT2D eigenvalue weighted by Crippen LogP contribution is -2.13. The molecule has 2 aromatic rings. The average molecular weight is 273 g/mol. The first-order valence-electron chi connectivity index (χ1n) is 6.14. The minimum atomic E-state index is -1.09. The number of aromatic carboxylic acids is 1. The van der Waals surface area contributed by atoms with Gasteiger partial charge in [-0.3, -0.25) is 0 Å². The Balaban J connectivity index is 1.77. The Morgan fingerprint density at radius 3 is 2.85 bits per heavy atom. The van der Waals surface area contributed by atoms with Gasteiger partial charge in [0.1, 0.15) is 18.2 Å². The SMILES string of the molecule is Cc1cccc(OCCNc2cnc(C(=O)O)cn2)c1. The number of nitrogens with zero attached hydrogens (tertiary/aromatic N) is 2. The van der Waals surface area contributed by atoms with Crippen LogP contribution in [0.15, 0.2) is 36.7 Å². The lowest BCUT2D eigenvalue weighted by atomic mass is 10.2. The smallest absolute Gasteiger partial charge is 0.356 e. The van der Waals surface area contributed by atoms with Gasteiger partial charge in [0.25, 0.3) is 0 Å². The number of ether oxygens (including phenoxy) is 1. The van der Waals surface area contributed by atoms with Gasteiger partial charge >= 0.3 is 5.97 Å². The number of nitrogens with one attached hydrogen (secondary N) is 1. The van der Waals surface area contributed by atoms with Gasteiger partial charge in [-0.1, -0.05) is 12.1 Å². The molecule has 2 rings (SSSR count). The van der Waals surface area contributed by atoms with Gasteiger partial charge in [-0.05, 0) is 24.6 Å². The van der Waals surface area contributed by atoms with Crippen LogP contribution in [0.5, 0.6) is 5.75 Å². The molecule has 0 aliphatic rings. The molecule has 2 N–H and O–H groups in total. The van der Waals surface area contributed by atoms with Crippen molar-refractivity contribution in [2.24, 2.45) is 0 Å². The lowest BCUT2D eigenvalue weighted by Gasteiger charge is -2.08. The van der Waals surface area contributed by atoms with Crippen LogP contribution in [0.4, 0.5) is 5.82 Å². The number of hydrogen-bond acceptors (Lipinski definition) is 5. The van der Waals surface area contributed by atoms with Gasteiger partial charge in [0.05, 0.1) is 18.9 Å². The molecule has 0 aliphatic heterocycles. The fourth-order valence-electron chi connectivity index (χ4n) is 1.58. The van der Waals surface area contributed by atoms with E-state index >= 15 is 0 Å². The highest BCUT2D eigenvalue weighted by Crippen LogP contribution is 2.12. The van der Waals surface area contributed by atoms with Crippen molar-refractivity contribution in [3.8, 4) is 5.75 Å². The Hall–Kier alpha value is -2.63. The number of aromatic nitrogens is 2. The molecule has 0 saturated carbocycles. The van der Waals surface area contributed by atoms with Crippen LogP contribution in [-0.2, 0) is 0 Å². The lowest BCUT2D eigenvalue weighted by molar-refractivity contribution is 0.0690. The largest absolute Gasteiger partial charge is 0.492 e. The van der Waals surface area contributed by atoms with Crippen LogP contribution in [0.2, 0.25) is 0 Å². The van der Waals surface area contributed by atoms with Crippen molar-refractivity contribution >= 4 is 11.8 Å². The molecule has 1 heterocycles. The molecule has 0 unspecified atom stereocenters. The summed E-state index contributed by atoms with van der Waals surface area (Å²) in [4.78, 5) is 18.3. The Morgan fingerprint density at radius 1 is 1.35 bits per heavy atom. The number of carboxylic acid groups (broad SMARTS) is 1. The Morgan fingerprint density at radius 2 is 2.20 bits per heavy atom. The number of benzene rings is 1. The topological polar surface area (TPSA) is 84.3 Å². The van der Waals surface area contributed by atoms with E-state index in [0.29, 0.717) is 19.0 Å². The number of carboxylic acids is 1. The zero-order valence-corrected chi connectivity index (χ0v) is 11.0. The third-order valence-electron chi connectivity index (χ3n) is 2.54. The molecule has 104 valence electrons. The standard InChI is InChI=1S/C14H15N3O3/c1-10-3-2-4-11(7-10)20-6-5-15-13-9-16-12(8-17-13)14(18)19/h2-4,7-9H,5-6H2,1H3,(H,15,17)(H,18,19). The van der Waals surface area contributed by atoms with Crippen molar-refractivity contribution < 1.29 is 14.6 Å². The third kappa shape index (κ3) is 3.94. The molecule has 0 spiro atoms. The zero-order chi connectivity index (χ0) is 14.4. The van der Waals surface area contributed by atoms with E-state index in [1.807, 2.05) is 31.2 Å². The predicted octanol–water partition coefficient (Wildman–Crippen LogP) is 1.97. The number of carbonyl (C=O) groups is 1. The van der Waals surface area contributed by atoms with Crippen molar-refractivity contribution in [2.75, 3.05) is 18.5 Å². The molecular weight excluding hydrogens is 258 g/mol. The highest BCUT2D eigenvalue weighted by atomic mass is 16.5. The van der Waals surface area contributed by atoms with Gasteiger partial charge in [0.2, 0.25) is 0 Å². The molecule has 0 aliphatic carbocycles.